The molecule has 6 rings (SSSR count). The van der Waals surface area contributed by atoms with Crippen LogP contribution < -0.4 is 5.32 Å². The number of benzene rings is 1. The zero-order valence-corrected chi connectivity index (χ0v) is 17.8. The summed E-state index contributed by atoms with van der Waals surface area (Å²) >= 11 is 0. The molecule has 0 saturated carbocycles. The molecule has 0 amide bonds. The van der Waals surface area contributed by atoms with Crippen molar-refractivity contribution in [3.63, 3.8) is 0 Å². The van der Waals surface area contributed by atoms with E-state index >= 15 is 0 Å². The standard InChI is InChI=1S/C25H25N7/c1-2-11-32(10-1)12-9-27-23-6-4-19(14-28-23)22-16-30-25-24(31-22)20(15-29-25)17-3-5-21-18(13-17)7-8-26-21/h3-8,13-16,26H,1-2,9-12H2,(H,27,28)(H,29,30). The van der Waals surface area contributed by atoms with Gasteiger partial charge in [-0.15, -0.1) is 0 Å². The van der Waals surface area contributed by atoms with Gasteiger partial charge in [0, 0.05) is 48.3 Å². The zero-order chi connectivity index (χ0) is 21.3. The third-order valence-electron chi connectivity index (χ3n) is 6.24. The molecule has 5 aromatic rings. The van der Waals surface area contributed by atoms with Crippen LogP contribution in [0.1, 0.15) is 12.8 Å². The molecule has 4 aromatic heterocycles. The molecule has 7 nitrogen and oxygen atoms in total. The Morgan fingerprint density at radius 2 is 1.84 bits per heavy atom. The highest BCUT2D eigenvalue weighted by molar-refractivity contribution is 5.94. The van der Waals surface area contributed by atoms with Crippen LogP contribution in [0.15, 0.2) is 61.2 Å². The van der Waals surface area contributed by atoms with Crippen molar-refractivity contribution in [3.8, 4) is 22.4 Å². The fraction of sp³-hybridized carbons (Fsp3) is 0.240. The van der Waals surface area contributed by atoms with Gasteiger partial charge in [0.1, 0.15) is 11.3 Å². The molecule has 1 aliphatic rings. The number of pyridine rings is 1. The second-order valence-electron chi connectivity index (χ2n) is 8.34. The minimum atomic E-state index is 0.783. The summed E-state index contributed by atoms with van der Waals surface area (Å²) in [6.45, 7) is 4.41. The molecule has 0 radical (unpaired) electrons. The van der Waals surface area contributed by atoms with Crippen molar-refractivity contribution in [2.24, 2.45) is 0 Å². The fourth-order valence-electron chi connectivity index (χ4n) is 4.47. The van der Waals surface area contributed by atoms with Gasteiger partial charge < -0.3 is 20.2 Å². The van der Waals surface area contributed by atoms with Crippen LogP contribution in [0, 0.1) is 0 Å². The summed E-state index contributed by atoms with van der Waals surface area (Å²) < 4.78 is 0. The first-order valence-corrected chi connectivity index (χ1v) is 11.2. The maximum atomic E-state index is 4.93. The first-order chi connectivity index (χ1) is 15.8. The minimum absolute atomic E-state index is 0.783. The lowest BCUT2D eigenvalue weighted by Crippen LogP contribution is -2.26. The van der Waals surface area contributed by atoms with E-state index in [1.807, 2.05) is 24.7 Å². The lowest BCUT2D eigenvalue weighted by Gasteiger charge is -2.15. The minimum Gasteiger partial charge on any atom is -0.369 e. The molecule has 3 N–H and O–H groups in total. The van der Waals surface area contributed by atoms with Gasteiger partial charge in [-0.3, -0.25) is 0 Å². The van der Waals surface area contributed by atoms with Crippen LogP contribution in [0.2, 0.25) is 0 Å². The molecule has 0 unspecified atom stereocenters. The molecule has 1 aromatic carbocycles. The smallest absolute Gasteiger partial charge is 0.156 e. The number of fused-ring (bicyclic) bond motifs is 2. The Bertz CT molecular complexity index is 1360. The van der Waals surface area contributed by atoms with Gasteiger partial charge >= 0.3 is 0 Å². The Morgan fingerprint density at radius 1 is 0.938 bits per heavy atom. The van der Waals surface area contributed by atoms with Gasteiger partial charge in [0.15, 0.2) is 5.65 Å². The number of aromatic amines is 2. The Labute approximate surface area is 185 Å². The van der Waals surface area contributed by atoms with E-state index in [9.17, 15) is 0 Å². The van der Waals surface area contributed by atoms with E-state index < -0.39 is 0 Å². The summed E-state index contributed by atoms with van der Waals surface area (Å²) in [5, 5.41) is 4.60. The van der Waals surface area contributed by atoms with Gasteiger partial charge in [-0.1, -0.05) is 6.07 Å². The predicted molar refractivity (Wildman–Crippen MR) is 129 cm³/mol. The molecule has 1 fully saturated rings. The normalized spacial score (nSPS) is 14.5. The number of likely N-dealkylation sites (tertiary alicyclic amines) is 1. The number of nitrogens with zero attached hydrogens (tertiary/aromatic N) is 4. The van der Waals surface area contributed by atoms with E-state index in [1.54, 1.807) is 6.20 Å². The number of aromatic nitrogens is 5. The molecule has 5 heterocycles. The van der Waals surface area contributed by atoms with Crippen molar-refractivity contribution in [3.05, 3.63) is 61.2 Å². The van der Waals surface area contributed by atoms with E-state index in [2.05, 4.69) is 60.5 Å². The summed E-state index contributed by atoms with van der Waals surface area (Å²) in [5.41, 5.74) is 6.71. The third kappa shape index (κ3) is 3.61. The van der Waals surface area contributed by atoms with Crippen LogP contribution in [-0.4, -0.2) is 56.0 Å². The summed E-state index contributed by atoms with van der Waals surface area (Å²) in [6, 6.07) is 12.5. The first-order valence-electron chi connectivity index (χ1n) is 11.2. The number of H-pyrrole nitrogens is 2. The Hall–Kier alpha value is -3.71. The molecule has 7 heteroatoms. The van der Waals surface area contributed by atoms with Gasteiger partial charge in [0.2, 0.25) is 0 Å². The fourth-order valence-corrected chi connectivity index (χ4v) is 4.47. The van der Waals surface area contributed by atoms with Gasteiger partial charge in [-0.2, -0.15) is 0 Å². The van der Waals surface area contributed by atoms with Crippen molar-refractivity contribution in [2.75, 3.05) is 31.5 Å². The predicted octanol–water partition coefficient (Wildman–Crippen LogP) is 4.68. The van der Waals surface area contributed by atoms with E-state index in [4.69, 9.17) is 4.98 Å². The lowest BCUT2D eigenvalue weighted by molar-refractivity contribution is 0.352. The van der Waals surface area contributed by atoms with Crippen molar-refractivity contribution in [1.29, 1.82) is 0 Å². The van der Waals surface area contributed by atoms with Crippen LogP contribution in [0.5, 0.6) is 0 Å². The molecule has 1 aliphatic heterocycles. The highest BCUT2D eigenvalue weighted by atomic mass is 15.2. The molecule has 0 aliphatic carbocycles. The Kier molecular flexibility index (Phi) is 4.81. The zero-order valence-electron chi connectivity index (χ0n) is 17.8. The van der Waals surface area contributed by atoms with Crippen LogP contribution in [-0.2, 0) is 0 Å². The average Bonchev–Trinajstić information content (AvgIpc) is 3.59. The molecule has 0 bridgehead atoms. The van der Waals surface area contributed by atoms with Gasteiger partial charge in [-0.05, 0) is 67.2 Å². The average molecular weight is 424 g/mol. The summed E-state index contributed by atoms with van der Waals surface area (Å²) in [7, 11) is 0. The molecule has 0 spiro atoms. The molecule has 1 saturated heterocycles. The number of hydrogen-bond acceptors (Lipinski definition) is 5. The van der Waals surface area contributed by atoms with Crippen LogP contribution in [0.3, 0.4) is 0 Å². The number of anilines is 1. The molecule has 32 heavy (non-hydrogen) atoms. The molecule has 0 atom stereocenters. The molecular weight excluding hydrogens is 398 g/mol. The van der Waals surface area contributed by atoms with E-state index in [0.29, 0.717) is 0 Å². The van der Waals surface area contributed by atoms with Crippen molar-refractivity contribution >= 4 is 27.9 Å². The highest BCUT2D eigenvalue weighted by Gasteiger charge is 2.13. The van der Waals surface area contributed by atoms with Crippen molar-refractivity contribution < 1.29 is 0 Å². The Morgan fingerprint density at radius 3 is 2.72 bits per heavy atom. The van der Waals surface area contributed by atoms with E-state index in [-0.39, 0.29) is 0 Å². The quantitative estimate of drug-likeness (QED) is 0.369. The van der Waals surface area contributed by atoms with Crippen LogP contribution >= 0.6 is 0 Å². The first kappa shape index (κ1) is 19.0. The topological polar surface area (TPSA) is 85.5 Å². The van der Waals surface area contributed by atoms with E-state index in [0.717, 1.165) is 58.0 Å². The third-order valence-corrected chi connectivity index (χ3v) is 6.24. The number of rotatable bonds is 6. The van der Waals surface area contributed by atoms with Gasteiger partial charge in [-0.25, -0.2) is 15.0 Å². The summed E-state index contributed by atoms with van der Waals surface area (Å²) in [6.07, 6.45) is 10.2. The van der Waals surface area contributed by atoms with Crippen molar-refractivity contribution in [2.45, 2.75) is 12.8 Å². The Balaban J connectivity index is 1.24. The second-order valence-corrected chi connectivity index (χ2v) is 8.34. The summed E-state index contributed by atoms with van der Waals surface area (Å²) in [5.74, 6) is 0.893. The largest absolute Gasteiger partial charge is 0.369 e. The molecular formula is C25H25N7. The highest BCUT2D eigenvalue weighted by Crippen LogP contribution is 2.30. The van der Waals surface area contributed by atoms with Crippen LogP contribution in [0.4, 0.5) is 5.82 Å². The maximum Gasteiger partial charge on any atom is 0.156 e. The molecule has 160 valence electrons. The van der Waals surface area contributed by atoms with E-state index in [1.165, 1.54) is 31.3 Å². The summed E-state index contributed by atoms with van der Waals surface area (Å²) in [4.78, 5) is 23.1. The maximum absolute atomic E-state index is 4.93. The number of nitrogens with one attached hydrogen (secondary N) is 3. The lowest BCUT2D eigenvalue weighted by atomic mass is 10.1. The van der Waals surface area contributed by atoms with Crippen LogP contribution in [0.25, 0.3) is 44.5 Å². The number of hydrogen-bond donors (Lipinski definition) is 3. The van der Waals surface area contributed by atoms with Gasteiger partial charge in [0.25, 0.3) is 0 Å². The van der Waals surface area contributed by atoms with Crippen molar-refractivity contribution in [1.82, 2.24) is 29.8 Å². The second kappa shape index (κ2) is 8.09. The van der Waals surface area contributed by atoms with Gasteiger partial charge in [0.05, 0.1) is 11.9 Å². The monoisotopic (exact) mass is 423 g/mol. The SMILES string of the molecule is c1cc2cc(-c3c[nH]c4ncc(-c5ccc(NCCN6CCCC6)nc5)nc34)ccc2[nH]1.